The molecule has 1 fully saturated rings. The van der Waals surface area contributed by atoms with Gasteiger partial charge in [0, 0.05) is 6.07 Å². The summed E-state index contributed by atoms with van der Waals surface area (Å²) in [7, 11) is 1.67. The summed E-state index contributed by atoms with van der Waals surface area (Å²) in [5.41, 5.74) is 1.03. The minimum Gasteiger partial charge on any atom is -0.497 e. The maximum atomic E-state index is 5.25. The third kappa shape index (κ3) is 1.97. The predicted octanol–water partition coefficient (Wildman–Crippen LogP) is 1.70. The lowest BCUT2D eigenvalue weighted by molar-refractivity contribution is 0.414. The first kappa shape index (κ1) is 11.2. The van der Waals surface area contributed by atoms with Crippen LogP contribution in [0.25, 0.3) is 5.69 Å². The molecule has 94 valence electrons. The monoisotopic (exact) mass is 244 g/mol. The second-order valence-corrected chi connectivity index (χ2v) is 4.41. The van der Waals surface area contributed by atoms with Crippen molar-refractivity contribution in [2.45, 2.75) is 18.9 Å². The lowest BCUT2D eigenvalue weighted by Crippen LogP contribution is -2.17. The number of ether oxygens (including phenoxy) is 1. The van der Waals surface area contributed by atoms with Crippen LogP contribution in [0.3, 0.4) is 0 Å². The predicted molar refractivity (Wildman–Crippen MR) is 67.9 cm³/mol. The summed E-state index contributed by atoms with van der Waals surface area (Å²) in [5, 5.41) is 11.7. The maximum Gasteiger partial charge on any atom is 0.154 e. The molecule has 1 aliphatic rings. The molecule has 5 heteroatoms. The molecule has 0 spiro atoms. The second kappa shape index (κ2) is 4.78. The van der Waals surface area contributed by atoms with Gasteiger partial charge in [0.25, 0.3) is 0 Å². The highest BCUT2D eigenvalue weighted by Crippen LogP contribution is 2.24. The first-order valence-electron chi connectivity index (χ1n) is 6.16. The zero-order valence-corrected chi connectivity index (χ0v) is 10.3. The van der Waals surface area contributed by atoms with Crippen molar-refractivity contribution in [2.24, 2.45) is 0 Å². The molecule has 1 atom stereocenters. The molecule has 5 nitrogen and oxygen atoms in total. The standard InChI is InChI=1S/C13H16N4O/c1-18-11-5-2-4-10(8-11)17-9-15-16-13(17)12-6-3-7-14-12/h2,4-5,8-9,12,14H,3,6-7H2,1H3. The van der Waals surface area contributed by atoms with Crippen LogP contribution in [0.2, 0.25) is 0 Å². The summed E-state index contributed by atoms with van der Waals surface area (Å²) in [4.78, 5) is 0. The zero-order chi connectivity index (χ0) is 12.4. The second-order valence-electron chi connectivity index (χ2n) is 4.41. The largest absolute Gasteiger partial charge is 0.497 e. The third-order valence-corrected chi connectivity index (χ3v) is 3.28. The van der Waals surface area contributed by atoms with Gasteiger partial charge in [0.05, 0.1) is 18.8 Å². The Morgan fingerprint density at radius 1 is 1.44 bits per heavy atom. The highest BCUT2D eigenvalue weighted by Gasteiger charge is 2.22. The molecule has 0 aliphatic carbocycles. The quantitative estimate of drug-likeness (QED) is 0.893. The number of nitrogens with zero attached hydrogens (tertiary/aromatic N) is 3. The van der Waals surface area contributed by atoms with Crippen LogP contribution < -0.4 is 10.1 Å². The first-order valence-corrected chi connectivity index (χ1v) is 6.16. The molecule has 2 aromatic rings. The molecule has 1 aromatic heterocycles. The molecular weight excluding hydrogens is 228 g/mol. The van der Waals surface area contributed by atoms with Gasteiger partial charge in [-0.25, -0.2) is 0 Å². The summed E-state index contributed by atoms with van der Waals surface area (Å²) in [5.74, 6) is 1.81. The van der Waals surface area contributed by atoms with E-state index in [0.717, 1.165) is 30.2 Å². The highest BCUT2D eigenvalue weighted by molar-refractivity contribution is 5.40. The van der Waals surface area contributed by atoms with Crippen molar-refractivity contribution < 1.29 is 4.74 Å². The molecule has 1 saturated heterocycles. The fraction of sp³-hybridized carbons (Fsp3) is 0.385. The van der Waals surface area contributed by atoms with Crippen LogP contribution in [0.15, 0.2) is 30.6 Å². The Morgan fingerprint density at radius 3 is 3.17 bits per heavy atom. The van der Waals surface area contributed by atoms with Gasteiger partial charge >= 0.3 is 0 Å². The number of hydrogen-bond donors (Lipinski definition) is 1. The Balaban J connectivity index is 1.98. The molecule has 18 heavy (non-hydrogen) atoms. The molecule has 2 heterocycles. The van der Waals surface area contributed by atoms with Gasteiger partial charge in [0.1, 0.15) is 12.1 Å². The van der Waals surface area contributed by atoms with Gasteiger partial charge in [0.15, 0.2) is 5.82 Å². The van der Waals surface area contributed by atoms with Crippen molar-refractivity contribution in [2.75, 3.05) is 13.7 Å². The molecule has 1 aliphatic heterocycles. The Labute approximate surface area is 106 Å². The van der Waals surface area contributed by atoms with Crippen molar-refractivity contribution in [1.82, 2.24) is 20.1 Å². The molecular formula is C13H16N4O. The lowest BCUT2D eigenvalue weighted by atomic mass is 10.2. The number of benzene rings is 1. The first-order chi connectivity index (χ1) is 8.88. The van der Waals surface area contributed by atoms with E-state index in [4.69, 9.17) is 4.74 Å². The van der Waals surface area contributed by atoms with Crippen LogP contribution in [0.4, 0.5) is 0 Å². The Bertz CT molecular complexity index is 531. The summed E-state index contributed by atoms with van der Waals surface area (Å²) in [6.45, 7) is 1.05. The topological polar surface area (TPSA) is 52.0 Å². The summed E-state index contributed by atoms with van der Waals surface area (Å²) >= 11 is 0. The fourth-order valence-corrected chi connectivity index (χ4v) is 2.35. The van der Waals surface area contributed by atoms with E-state index in [1.807, 2.05) is 28.8 Å². The van der Waals surface area contributed by atoms with E-state index < -0.39 is 0 Å². The van der Waals surface area contributed by atoms with E-state index in [2.05, 4.69) is 15.5 Å². The summed E-state index contributed by atoms with van der Waals surface area (Å²) in [6.07, 6.45) is 4.06. The van der Waals surface area contributed by atoms with Crippen LogP contribution in [0.5, 0.6) is 5.75 Å². The normalized spacial score (nSPS) is 19.1. The molecule has 0 amide bonds. The minimum atomic E-state index is 0.304. The lowest BCUT2D eigenvalue weighted by Gasteiger charge is -2.12. The average Bonchev–Trinajstić information content (AvgIpc) is 3.09. The van der Waals surface area contributed by atoms with Gasteiger partial charge in [-0.1, -0.05) is 6.07 Å². The van der Waals surface area contributed by atoms with Crippen LogP contribution in [0, 0.1) is 0 Å². The zero-order valence-electron chi connectivity index (χ0n) is 10.3. The molecule has 1 N–H and O–H groups in total. The number of nitrogens with one attached hydrogen (secondary N) is 1. The van der Waals surface area contributed by atoms with E-state index in [1.165, 1.54) is 6.42 Å². The SMILES string of the molecule is COc1cccc(-n2cnnc2C2CCCN2)c1. The van der Waals surface area contributed by atoms with E-state index >= 15 is 0 Å². The highest BCUT2D eigenvalue weighted by atomic mass is 16.5. The van der Waals surface area contributed by atoms with Gasteiger partial charge in [-0.2, -0.15) is 0 Å². The smallest absolute Gasteiger partial charge is 0.154 e. The van der Waals surface area contributed by atoms with Gasteiger partial charge in [-0.3, -0.25) is 4.57 Å². The van der Waals surface area contributed by atoms with E-state index in [0.29, 0.717) is 6.04 Å². The van der Waals surface area contributed by atoms with Gasteiger partial charge < -0.3 is 10.1 Å². The van der Waals surface area contributed by atoms with Crippen molar-refractivity contribution in [3.05, 3.63) is 36.4 Å². The Hall–Kier alpha value is -1.88. The Kier molecular flexibility index (Phi) is 2.98. The molecule has 0 bridgehead atoms. The van der Waals surface area contributed by atoms with E-state index in [-0.39, 0.29) is 0 Å². The van der Waals surface area contributed by atoms with Gasteiger partial charge in [0.2, 0.25) is 0 Å². The van der Waals surface area contributed by atoms with Gasteiger partial charge in [-0.05, 0) is 31.5 Å². The maximum absolute atomic E-state index is 5.25. The van der Waals surface area contributed by atoms with Crippen molar-refractivity contribution in [1.29, 1.82) is 0 Å². The number of hydrogen-bond acceptors (Lipinski definition) is 4. The van der Waals surface area contributed by atoms with Gasteiger partial charge in [-0.15, -0.1) is 10.2 Å². The van der Waals surface area contributed by atoms with Crippen molar-refractivity contribution in [3.63, 3.8) is 0 Å². The molecule has 0 saturated carbocycles. The number of rotatable bonds is 3. The van der Waals surface area contributed by atoms with Crippen LogP contribution in [-0.4, -0.2) is 28.4 Å². The van der Waals surface area contributed by atoms with Crippen LogP contribution in [-0.2, 0) is 0 Å². The van der Waals surface area contributed by atoms with Crippen LogP contribution in [0.1, 0.15) is 24.7 Å². The van der Waals surface area contributed by atoms with Crippen molar-refractivity contribution >= 4 is 0 Å². The van der Waals surface area contributed by atoms with Crippen LogP contribution >= 0.6 is 0 Å². The van der Waals surface area contributed by atoms with E-state index in [9.17, 15) is 0 Å². The Morgan fingerprint density at radius 2 is 2.39 bits per heavy atom. The van der Waals surface area contributed by atoms with E-state index in [1.54, 1.807) is 13.4 Å². The fourth-order valence-electron chi connectivity index (χ4n) is 2.35. The number of aromatic nitrogens is 3. The average molecular weight is 244 g/mol. The minimum absolute atomic E-state index is 0.304. The third-order valence-electron chi connectivity index (χ3n) is 3.28. The molecule has 1 aromatic carbocycles. The summed E-state index contributed by atoms with van der Waals surface area (Å²) < 4.78 is 7.27. The molecule has 3 rings (SSSR count). The number of methoxy groups -OCH3 is 1. The summed E-state index contributed by atoms with van der Waals surface area (Å²) in [6, 6.07) is 8.23. The molecule has 0 radical (unpaired) electrons. The molecule has 1 unspecified atom stereocenters. The van der Waals surface area contributed by atoms with Crippen molar-refractivity contribution in [3.8, 4) is 11.4 Å².